The summed E-state index contributed by atoms with van der Waals surface area (Å²) in [5, 5.41) is 9.18. The molecule has 0 unspecified atom stereocenters. The van der Waals surface area contributed by atoms with E-state index in [1.165, 1.54) is 18.2 Å². The predicted molar refractivity (Wildman–Crippen MR) is 50.3 cm³/mol. The van der Waals surface area contributed by atoms with E-state index in [0.717, 1.165) is 0 Å². The van der Waals surface area contributed by atoms with E-state index in [4.69, 9.17) is 11.3 Å². The zero-order valence-electron chi connectivity index (χ0n) is 7.65. The van der Waals surface area contributed by atoms with Crippen molar-refractivity contribution in [3.8, 4) is 5.75 Å². The zero-order valence-corrected chi connectivity index (χ0v) is 7.65. The summed E-state index contributed by atoms with van der Waals surface area (Å²) in [6.45, 7) is 8.72. The van der Waals surface area contributed by atoms with Crippen molar-refractivity contribution in [3.05, 3.63) is 35.2 Å². The van der Waals surface area contributed by atoms with E-state index in [1.54, 1.807) is 6.92 Å². The highest BCUT2D eigenvalue weighted by Crippen LogP contribution is 2.27. The molecule has 0 saturated heterocycles. The van der Waals surface area contributed by atoms with Gasteiger partial charge in [-0.1, -0.05) is 0 Å². The molecule has 1 aromatic rings. The molecule has 0 atom stereocenters. The molecule has 0 aliphatic carbocycles. The summed E-state index contributed by atoms with van der Waals surface area (Å²) >= 11 is 0. The fraction of sp³-hybridized carbons (Fsp3) is 0.200. The van der Waals surface area contributed by atoms with Crippen LogP contribution in [-0.2, 0) is 4.74 Å². The Morgan fingerprint density at radius 3 is 2.93 bits per heavy atom. The minimum atomic E-state index is -0.489. The van der Waals surface area contributed by atoms with Gasteiger partial charge in [0.25, 0.3) is 0 Å². The summed E-state index contributed by atoms with van der Waals surface area (Å²) in [5.74, 6) is -0.620. The van der Waals surface area contributed by atoms with E-state index in [2.05, 4.69) is 4.85 Å². The minimum absolute atomic E-state index is 0.0514. The molecule has 0 fully saturated rings. The SMILES string of the molecule is [C-]#[N+]c1cc(C(=O)OCC)ccc1O. The van der Waals surface area contributed by atoms with Crippen molar-refractivity contribution in [2.45, 2.75) is 6.92 Å². The fourth-order valence-electron chi connectivity index (χ4n) is 0.954. The highest BCUT2D eigenvalue weighted by molar-refractivity contribution is 5.91. The van der Waals surface area contributed by atoms with E-state index in [0.29, 0.717) is 0 Å². The van der Waals surface area contributed by atoms with Crippen LogP contribution in [0.4, 0.5) is 5.69 Å². The van der Waals surface area contributed by atoms with Gasteiger partial charge in [-0.05, 0) is 25.1 Å². The fourth-order valence-corrected chi connectivity index (χ4v) is 0.954. The maximum atomic E-state index is 11.2. The van der Waals surface area contributed by atoms with Crippen LogP contribution in [0.3, 0.4) is 0 Å². The Kier molecular flexibility index (Phi) is 3.08. The molecule has 0 aromatic heterocycles. The summed E-state index contributed by atoms with van der Waals surface area (Å²) in [4.78, 5) is 14.3. The lowest BCUT2D eigenvalue weighted by Gasteiger charge is -2.02. The average Bonchev–Trinajstić information content (AvgIpc) is 2.19. The number of benzene rings is 1. The van der Waals surface area contributed by atoms with E-state index >= 15 is 0 Å². The molecule has 0 bridgehead atoms. The van der Waals surface area contributed by atoms with Gasteiger partial charge in [0.1, 0.15) is 5.75 Å². The lowest BCUT2D eigenvalue weighted by Crippen LogP contribution is -2.03. The Balaban J connectivity index is 3.02. The number of carbonyl (C=O) groups excluding carboxylic acids is 1. The number of ether oxygens (including phenoxy) is 1. The van der Waals surface area contributed by atoms with E-state index in [1.807, 2.05) is 0 Å². The molecule has 14 heavy (non-hydrogen) atoms. The van der Waals surface area contributed by atoms with Gasteiger partial charge in [0.2, 0.25) is 5.69 Å². The summed E-state index contributed by atoms with van der Waals surface area (Å²) in [5.41, 5.74) is 0.325. The van der Waals surface area contributed by atoms with Crippen LogP contribution in [0.1, 0.15) is 17.3 Å². The van der Waals surface area contributed by atoms with Gasteiger partial charge in [0, 0.05) is 5.56 Å². The van der Waals surface area contributed by atoms with Crippen molar-refractivity contribution < 1.29 is 14.6 Å². The first-order chi connectivity index (χ1) is 6.69. The first kappa shape index (κ1) is 10.1. The van der Waals surface area contributed by atoms with Crippen LogP contribution in [0.25, 0.3) is 4.85 Å². The van der Waals surface area contributed by atoms with Gasteiger partial charge in [-0.2, -0.15) is 0 Å². The molecule has 72 valence electrons. The number of aromatic hydroxyl groups is 1. The highest BCUT2D eigenvalue weighted by Gasteiger charge is 2.09. The van der Waals surface area contributed by atoms with E-state index < -0.39 is 5.97 Å². The normalized spacial score (nSPS) is 9.14. The standard InChI is InChI=1S/C10H9NO3/c1-3-14-10(13)7-4-5-9(12)8(6-7)11-2/h4-6,12H,3H2,1H3. The molecule has 4 heteroatoms. The van der Waals surface area contributed by atoms with Gasteiger partial charge in [-0.3, -0.25) is 0 Å². The molecule has 0 spiro atoms. The number of carbonyl (C=O) groups is 1. The molecule has 0 saturated carbocycles. The molecule has 0 radical (unpaired) electrons. The Hall–Kier alpha value is -2.02. The number of hydrogen-bond donors (Lipinski definition) is 1. The average molecular weight is 191 g/mol. The van der Waals surface area contributed by atoms with Crippen molar-refractivity contribution >= 4 is 11.7 Å². The second-order valence-corrected chi connectivity index (χ2v) is 2.54. The van der Waals surface area contributed by atoms with Crippen LogP contribution in [0.5, 0.6) is 5.75 Å². The van der Waals surface area contributed by atoms with E-state index in [9.17, 15) is 9.90 Å². The largest absolute Gasteiger partial charge is 0.519 e. The van der Waals surface area contributed by atoms with Crippen LogP contribution >= 0.6 is 0 Å². The smallest absolute Gasteiger partial charge is 0.336 e. The van der Waals surface area contributed by atoms with Crippen molar-refractivity contribution in [1.29, 1.82) is 0 Å². The maximum Gasteiger partial charge on any atom is 0.336 e. The summed E-state index contributed by atoms with van der Waals surface area (Å²) in [6.07, 6.45) is 0. The molecule has 1 N–H and O–H groups in total. The van der Waals surface area contributed by atoms with Gasteiger partial charge < -0.3 is 9.84 Å². The molecule has 4 nitrogen and oxygen atoms in total. The van der Waals surface area contributed by atoms with Crippen LogP contribution < -0.4 is 0 Å². The zero-order chi connectivity index (χ0) is 10.6. The Morgan fingerprint density at radius 2 is 2.36 bits per heavy atom. The molecule has 0 heterocycles. The monoisotopic (exact) mass is 191 g/mol. The van der Waals surface area contributed by atoms with Gasteiger partial charge >= 0.3 is 5.97 Å². The van der Waals surface area contributed by atoms with E-state index in [-0.39, 0.29) is 23.6 Å². The Labute approximate surface area is 81.6 Å². The summed E-state index contributed by atoms with van der Waals surface area (Å²) < 4.78 is 4.74. The number of esters is 1. The van der Waals surface area contributed by atoms with Crippen molar-refractivity contribution in [2.75, 3.05) is 6.61 Å². The van der Waals surface area contributed by atoms with Crippen molar-refractivity contribution in [1.82, 2.24) is 0 Å². The van der Waals surface area contributed by atoms with Crippen molar-refractivity contribution in [2.24, 2.45) is 0 Å². The summed E-state index contributed by atoms with van der Waals surface area (Å²) in [6, 6.07) is 4.03. The number of nitrogens with zero attached hydrogens (tertiary/aromatic N) is 1. The second-order valence-electron chi connectivity index (χ2n) is 2.54. The third-order valence-electron chi connectivity index (χ3n) is 1.61. The molecular weight excluding hydrogens is 182 g/mol. The maximum absolute atomic E-state index is 11.2. The number of hydrogen-bond acceptors (Lipinski definition) is 3. The van der Waals surface area contributed by atoms with Gasteiger partial charge in [-0.25, -0.2) is 9.64 Å². The highest BCUT2D eigenvalue weighted by atomic mass is 16.5. The molecule has 0 amide bonds. The topological polar surface area (TPSA) is 50.9 Å². The quantitative estimate of drug-likeness (QED) is 0.575. The minimum Gasteiger partial charge on any atom is -0.519 e. The first-order valence-corrected chi connectivity index (χ1v) is 4.06. The van der Waals surface area contributed by atoms with Gasteiger partial charge in [0.05, 0.1) is 13.2 Å². The molecule has 1 rings (SSSR count). The lowest BCUT2D eigenvalue weighted by atomic mass is 10.2. The lowest BCUT2D eigenvalue weighted by molar-refractivity contribution is 0.0526. The van der Waals surface area contributed by atoms with Crippen LogP contribution in [0.15, 0.2) is 18.2 Å². The van der Waals surface area contributed by atoms with Crippen molar-refractivity contribution in [3.63, 3.8) is 0 Å². The van der Waals surface area contributed by atoms with Gasteiger partial charge in [0.15, 0.2) is 0 Å². The Morgan fingerprint density at radius 1 is 1.64 bits per heavy atom. The van der Waals surface area contributed by atoms with Crippen LogP contribution in [0.2, 0.25) is 0 Å². The molecule has 1 aromatic carbocycles. The van der Waals surface area contributed by atoms with Crippen LogP contribution in [-0.4, -0.2) is 17.7 Å². The van der Waals surface area contributed by atoms with Gasteiger partial charge in [-0.15, -0.1) is 0 Å². The number of phenolic OH excluding ortho intramolecular Hbond substituents is 1. The Bertz CT molecular complexity index is 393. The third kappa shape index (κ3) is 2.02. The first-order valence-electron chi connectivity index (χ1n) is 4.06. The predicted octanol–water partition coefficient (Wildman–Crippen LogP) is 2.12. The second kappa shape index (κ2) is 4.28. The number of rotatable bonds is 2. The van der Waals surface area contributed by atoms with Crippen LogP contribution in [0, 0.1) is 6.57 Å². The molecule has 0 aliphatic heterocycles. The number of phenols is 1. The summed E-state index contributed by atoms with van der Waals surface area (Å²) in [7, 11) is 0. The third-order valence-corrected chi connectivity index (χ3v) is 1.61. The molecule has 0 aliphatic rings. The molecular formula is C10H9NO3.